The molecule has 0 N–H and O–H groups in total. The summed E-state index contributed by atoms with van der Waals surface area (Å²) in [4.78, 5) is 22.7. The topological polar surface area (TPSA) is 81.4 Å². The van der Waals surface area contributed by atoms with Gasteiger partial charge in [0.2, 0.25) is 0 Å². The van der Waals surface area contributed by atoms with Crippen molar-refractivity contribution in [2.45, 2.75) is 32.3 Å². The van der Waals surface area contributed by atoms with Crippen molar-refractivity contribution in [2.75, 3.05) is 19.7 Å². The minimum atomic E-state index is 0.0233. The van der Waals surface area contributed by atoms with E-state index in [-0.39, 0.29) is 11.8 Å². The van der Waals surface area contributed by atoms with Crippen LogP contribution in [0.25, 0.3) is 0 Å². The zero-order chi connectivity index (χ0) is 16.1. The maximum Gasteiger partial charge on any atom is 0.253 e. The third kappa shape index (κ3) is 3.73. The van der Waals surface area contributed by atoms with Crippen molar-refractivity contribution in [3.8, 4) is 0 Å². The van der Waals surface area contributed by atoms with Crippen LogP contribution < -0.4 is 0 Å². The van der Waals surface area contributed by atoms with E-state index in [9.17, 15) is 4.79 Å². The first-order valence-corrected chi connectivity index (χ1v) is 7.87. The molecule has 1 unspecified atom stereocenters. The van der Waals surface area contributed by atoms with Crippen LogP contribution in [0, 0.1) is 0 Å². The zero-order valence-corrected chi connectivity index (χ0v) is 13.1. The number of aromatic nitrogens is 3. The fourth-order valence-corrected chi connectivity index (χ4v) is 2.73. The molecule has 3 rings (SSSR count). The van der Waals surface area contributed by atoms with Crippen LogP contribution >= 0.6 is 0 Å². The largest absolute Gasteiger partial charge is 0.372 e. The molecule has 122 valence electrons. The number of ether oxygens (including phenoxy) is 1. The lowest BCUT2D eigenvalue weighted by Gasteiger charge is -2.31. The van der Waals surface area contributed by atoms with Gasteiger partial charge in [-0.15, -0.1) is 0 Å². The van der Waals surface area contributed by atoms with Crippen molar-refractivity contribution in [3.63, 3.8) is 0 Å². The number of piperidine rings is 1. The molecule has 0 saturated carbocycles. The standard InChI is InChI=1S/C16H20N4O3/c1-2-22-11-14-18-15(19-23-14)13-4-3-9-20(10-13)16(21)12-5-7-17-8-6-12/h5-8,13H,2-4,9-11H2,1H3. The van der Waals surface area contributed by atoms with Gasteiger partial charge in [0.25, 0.3) is 11.8 Å². The summed E-state index contributed by atoms with van der Waals surface area (Å²) in [7, 11) is 0. The number of carbonyl (C=O) groups excluding carboxylic acids is 1. The maximum absolute atomic E-state index is 12.5. The molecule has 0 spiro atoms. The van der Waals surface area contributed by atoms with E-state index in [0.717, 1.165) is 19.4 Å². The summed E-state index contributed by atoms with van der Waals surface area (Å²) in [5, 5.41) is 4.05. The Bertz CT molecular complexity index is 644. The second kappa shape index (κ2) is 7.32. The molecule has 23 heavy (non-hydrogen) atoms. The van der Waals surface area contributed by atoms with Crippen molar-refractivity contribution < 1.29 is 14.1 Å². The van der Waals surface area contributed by atoms with Gasteiger partial charge in [0.1, 0.15) is 6.61 Å². The molecule has 7 heteroatoms. The Balaban J connectivity index is 1.66. The molecule has 0 aromatic carbocycles. The van der Waals surface area contributed by atoms with Crippen molar-refractivity contribution in [3.05, 3.63) is 41.8 Å². The smallest absolute Gasteiger partial charge is 0.253 e. The van der Waals surface area contributed by atoms with Gasteiger partial charge in [0.15, 0.2) is 5.82 Å². The van der Waals surface area contributed by atoms with Gasteiger partial charge in [0, 0.05) is 43.6 Å². The average Bonchev–Trinajstić information content (AvgIpc) is 3.09. The monoisotopic (exact) mass is 316 g/mol. The average molecular weight is 316 g/mol. The highest BCUT2D eigenvalue weighted by Crippen LogP contribution is 2.26. The summed E-state index contributed by atoms with van der Waals surface area (Å²) in [5.74, 6) is 1.27. The molecule has 1 aliphatic heterocycles. The van der Waals surface area contributed by atoms with E-state index in [1.165, 1.54) is 0 Å². The second-order valence-corrected chi connectivity index (χ2v) is 5.51. The number of pyridine rings is 1. The highest BCUT2D eigenvalue weighted by molar-refractivity contribution is 5.94. The molecular weight excluding hydrogens is 296 g/mol. The SMILES string of the molecule is CCOCc1nc(C2CCCN(C(=O)c3ccncc3)C2)no1. The maximum atomic E-state index is 12.5. The number of hydrogen-bond acceptors (Lipinski definition) is 6. The van der Waals surface area contributed by atoms with Crippen molar-refractivity contribution in [1.82, 2.24) is 20.0 Å². The van der Waals surface area contributed by atoms with Gasteiger partial charge in [-0.25, -0.2) is 0 Å². The van der Waals surface area contributed by atoms with Crippen LogP contribution in [0.4, 0.5) is 0 Å². The highest BCUT2D eigenvalue weighted by Gasteiger charge is 2.28. The molecule has 3 heterocycles. The molecule has 1 saturated heterocycles. The van der Waals surface area contributed by atoms with E-state index >= 15 is 0 Å². The van der Waals surface area contributed by atoms with Gasteiger partial charge in [-0.3, -0.25) is 9.78 Å². The van der Waals surface area contributed by atoms with Crippen LogP contribution in [0.15, 0.2) is 29.0 Å². The molecular formula is C16H20N4O3. The van der Waals surface area contributed by atoms with Crippen LogP contribution in [0.1, 0.15) is 47.8 Å². The van der Waals surface area contributed by atoms with Gasteiger partial charge in [-0.1, -0.05) is 5.16 Å². The summed E-state index contributed by atoms with van der Waals surface area (Å²) in [6.45, 7) is 4.21. The van der Waals surface area contributed by atoms with Gasteiger partial charge in [0.05, 0.1) is 0 Å². The Hall–Kier alpha value is -2.28. The third-order valence-corrected chi connectivity index (χ3v) is 3.91. The predicted molar refractivity (Wildman–Crippen MR) is 81.7 cm³/mol. The normalized spacial score (nSPS) is 18.1. The van der Waals surface area contributed by atoms with Crippen molar-refractivity contribution in [1.29, 1.82) is 0 Å². The molecule has 0 bridgehead atoms. The molecule has 0 aliphatic carbocycles. The van der Waals surface area contributed by atoms with Crippen LogP contribution in [-0.2, 0) is 11.3 Å². The van der Waals surface area contributed by atoms with Crippen molar-refractivity contribution >= 4 is 5.91 Å². The third-order valence-electron chi connectivity index (χ3n) is 3.91. The lowest BCUT2D eigenvalue weighted by atomic mass is 9.97. The summed E-state index contributed by atoms with van der Waals surface area (Å²) >= 11 is 0. The Labute approximate surface area is 134 Å². The fourth-order valence-electron chi connectivity index (χ4n) is 2.73. The molecule has 2 aromatic rings. The van der Waals surface area contributed by atoms with E-state index < -0.39 is 0 Å². The Morgan fingerprint density at radius 2 is 2.26 bits per heavy atom. The molecule has 1 aliphatic rings. The fraction of sp³-hybridized carbons (Fsp3) is 0.500. The number of hydrogen-bond donors (Lipinski definition) is 0. The van der Waals surface area contributed by atoms with E-state index in [1.54, 1.807) is 24.5 Å². The van der Waals surface area contributed by atoms with Gasteiger partial charge in [-0.2, -0.15) is 4.98 Å². The minimum Gasteiger partial charge on any atom is -0.372 e. The van der Waals surface area contributed by atoms with Crippen molar-refractivity contribution in [2.24, 2.45) is 0 Å². The summed E-state index contributed by atoms with van der Waals surface area (Å²) < 4.78 is 10.5. The minimum absolute atomic E-state index is 0.0233. The Kier molecular flexibility index (Phi) is 4.97. The van der Waals surface area contributed by atoms with Gasteiger partial charge in [-0.05, 0) is 31.9 Å². The number of likely N-dealkylation sites (tertiary alicyclic amines) is 1. The molecule has 0 radical (unpaired) electrons. The first-order valence-electron chi connectivity index (χ1n) is 7.87. The molecule has 1 fully saturated rings. The summed E-state index contributed by atoms with van der Waals surface area (Å²) in [5.41, 5.74) is 0.658. The molecule has 2 aromatic heterocycles. The lowest BCUT2D eigenvalue weighted by Crippen LogP contribution is -2.39. The number of amides is 1. The van der Waals surface area contributed by atoms with Crippen LogP contribution in [-0.4, -0.2) is 45.6 Å². The number of rotatable bonds is 5. The molecule has 1 amide bonds. The molecule has 7 nitrogen and oxygen atoms in total. The van der Waals surface area contributed by atoms with Crippen LogP contribution in [0.2, 0.25) is 0 Å². The van der Waals surface area contributed by atoms with Gasteiger partial charge < -0.3 is 14.2 Å². The van der Waals surface area contributed by atoms with E-state index in [4.69, 9.17) is 9.26 Å². The second-order valence-electron chi connectivity index (χ2n) is 5.51. The van der Waals surface area contributed by atoms with Crippen LogP contribution in [0.5, 0.6) is 0 Å². The van der Waals surface area contributed by atoms with E-state index in [0.29, 0.717) is 37.0 Å². The Morgan fingerprint density at radius 1 is 1.43 bits per heavy atom. The first kappa shape index (κ1) is 15.6. The summed E-state index contributed by atoms with van der Waals surface area (Å²) in [6.07, 6.45) is 5.15. The quantitative estimate of drug-likeness (QED) is 0.839. The molecule has 1 atom stereocenters. The highest BCUT2D eigenvalue weighted by atomic mass is 16.5. The Morgan fingerprint density at radius 3 is 3.04 bits per heavy atom. The number of nitrogens with zero attached hydrogens (tertiary/aromatic N) is 4. The number of carbonyl (C=O) groups is 1. The van der Waals surface area contributed by atoms with Gasteiger partial charge >= 0.3 is 0 Å². The van der Waals surface area contributed by atoms with E-state index in [1.807, 2.05) is 11.8 Å². The first-order chi connectivity index (χ1) is 11.3. The van der Waals surface area contributed by atoms with Crippen LogP contribution in [0.3, 0.4) is 0 Å². The van der Waals surface area contributed by atoms with E-state index in [2.05, 4.69) is 15.1 Å². The summed E-state index contributed by atoms with van der Waals surface area (Å²) in [6, 6.07) is 3.47. The predicted octanol–water partition coefficient (Wildman–Crippen LogP) is 2.02. The zero-order valence-electron chi connectivity index (χ0n) is 13.1. The lowest BCUT2D eigenvalue weighted by molar-refractivity contribution is 0.0703.